The van der Waals surface area contributed by atoms with Crippen LogP contribution in [0.4, 0.5) is 16.5 Å². The number of amides is 1. The highest BCUT2D eigenvalue weighted by Crippen LogP contribution is 2.27. The monoisotopic (exact) mass is 423 g/mol. The predicted molar refractivity (Wildman–Crippen MR) is 117 cm³/mol. The van der Waals surface area contributed by atoms with Gasteiger partial charge in [0.15, 0.2) is 5.13 Å². The van der Waals surface area contributed by atoms with Gasteiger partial charge in [-0.25, -0.2) is 4.98 Å². The van der Waals surface area contributed by atoms with E-state index in [1.54, 1.807) is 34.6 Å². The first kappa shape index (κ1) is 19.8. The van der Waals surface area contributed by atoms with Crippen LogP contribution in [0.2, 0.25) is 0 Å². The number of thiazole rings is 1. The molecule has 1 N–H and O–H groups in total. The number of benzene rings is 2. The molecule has 0 radical (unpaired) electrons. The van der Waals surface area contributed by atoms with E-state index in [-0.39, 0.29) is 11.6 Å². The summed E-state index contributed by atoms with van der Waals surface area (Å²) in [7, 11) is 0. The second kappa shape index (κ2) is 8.91. The summed E-state index contributed by atoms with van der Waals surface area (Å²) in [6, 6.07) is 14.3. The second-order valence-corrected chi connectivity index (χ2v) is 7.80. The van der Waals surface area contributed by atoms with Crippen molar-refractivity contribution in [2.45, 2.75) is 6.54 Å². The van der Waals surface area contributed by atoms with Gasteiger partial charge in [0.05, 0.1) is 4.92 Å². The number of nitro groups is 1. The molecule has 0 unspecified atom stereocenters. The highest BCUT2D eigenvalue weighted by atomic mass is 32.1. The van der Waals surface area contributed by atoms with Crippen molar-refractivity contribution < 1.29 is 9.72 Å². The second-order valence-electron chi connectivity index (χ2n) is 6.92. The molecule has 0 saturated carbocycles. The Balaban J connectivity index is 1.44. The van der Waals surface area contributed by atoms with Gasteiger partial charge in [0.25, 0.3) is 11.6 Å². The summed E-state index contributed by atoms with van der Waals surface area (Å²) in [6.07, 6.45) is 1.77. The molecule has 0 spiro atoms. The molecule has 1 aromatic heterocycles. The summed E-state index contributed by atoms with van der Waals surface area (Å²) in [4.78, 5) is 32.2. The topological polar surface area (TPSA) is 91.6 Å². The van der Waals surface area contributed by atoms with Crippen LogP contribution in [0.3, 0.4) is 0 Å². The fraction of sp³-hybridized carbons (Fsp3) is 0.238. The van der Waals surface area contributed by atoms with Gasteiger partial charge >= 0.3 is 0 Å². The number of rotatable bonds is 6. The molecule has 2 heterocycles. The molecule has 1 fully saturated rings. The smallest absolute Gasteiger partial charge is 0.293 e. The lowest BCUT2D eigenvalue weighted by atomic mass is 10.1. The molecular formula is C21H21N5O3S. The van der Waals surface area contributed by atoms with Crippen molar-refractivity contribution in [3.05, 3.63) is 81.3 Å². The van der Waals surface area contributed by atoms with E-state index in [9.17, 15) is 14.9 Å². The maximum atomic E-state index is 12.9. The van der Waals surface area contributed by atoms with Crippen LogP contribution in [-0.2, 0) is 6.54 Å². The third-order valence-corrected chi connectivity index (χ3v) is 5.86. The molecule has 1 amide bonds. The zero-order valence-electron chi connectivity index (χ0n) is 16.2. The average Bonchev–Trinajstić information content (AvgIpc) is 3.33. The number of carbonyl (C=O) groups excluding carboxylic acids is 1. The van der Waals surface area contributed by atoms with Gasteiger partial charge in [-0.1, -0.05) is 30.3 Å². The number of carbonyl (C=O) groups is 1. The first-order valence-electron chi connectivity index (χ1n) is 9.62. The third-order valence-electron chi connectivity index (χ3n) is 5.02. The summed E-state index contributed by atoms with van der Waals surface area (Å²) in [5, 5.41) is 17.6. The quantitative estimate of drug-likeness (QED) is 0.481. The van der Waals surface area contributed by atoms with Gasteiger partial charge in [0, 0.05) is 55.9 Å². The number of nitrogens with zero attached hydrogens (tertiary/aromatic N) is 4. The van der Waals surface area contributed by atoms with E-state index < -0.39 is 4.92 Å². The van der Waals surface area contributed by atoms with Crippen molar-refractivity contribution in [3.63, 3.8) is 0 Å². The Kier molecular flexibility index (Phi) is 5.89. The molecule has 9 heteroatoms. The van der Waals surface area contributed by atoms with E-state index in [2.05, 4.69) is 15.2 Å². The zero-order chi connectivity index (χ0) is 20.9. The Morgan fingerprint density at radius 2 is 1.90 bits per heavy atom. The Morgan fingerprint density at radius 1 is 1.13 bits per heavy atom. The fourth-order valence-electron chi connectivity index (χ4n) is 3.41. The molecular weight excluding hydrogens is 402 g/mol. The summed E-state index contributed by atoms with van der Waals surface area (Å²) in [5.74, 6) is -0.188. The van der Waals surface area contributed by atoms with Crippen LogP contribution in [0, 0.1) is 10.1 Å². The maximum Gasteiger partial charge on any atom is 0.293 e. The van der Waals surface area contributed by atoms with Gasteiger partial charge in [-0.15, -0.1) is 11.3 Å². The van der Waals surface area contributed by atoms with Crippen molar-refractivity contribution in [3.8, 4) is 0 Å². The van der Waals surface area contributed by atoms with Crippen LogP contribution in [0.15, 0.2) is 60.1 Å². The highest BCUT2D eigenvalue weighted by molar-refractivity contribution is 7.13. The van der Waals surface area contributed by atoms with E-state index in [1.807, 2.05) is 35.7 Å². The van der Waals surface area contributed by atoms with Crippen LogP contribution >= 0.6 is 11.3 Å². The molecule has 30 heavy (non-hydrogen) atoms. The molecule has 3 aromatic rings. The minimum Gasteiger partial charge on any atom is -0.375 e. The van der Waals surface area contributed by atoms with Gasteiger partial charge in [-0.05, 0) is 17.7 Å². The minimum atomic E-state index is -0.454. The third kappa shape index (κ3) is 4.41. The first-order valence-corrected chi connectivity index (χ1v) is 10.5. The molecule has 0 aliphatic carbocycles. The largest absolute Gasteiger partial charge is 0.375 e. The SMILES string of the molecule is O=C(c1ccc(NCc2ccccc2)c([N+](=O)[O-])c1)N1CCN(c2nccs2)CC1. The van der Waals surface area contributed by atoms with E-state index in [0.717, 1.165) is 10.7 Å². The Labute approximate surface area is 177 Å². The lowest BCUT2D eigenvalue weighted by molar-refractivity contribution is -0.384. The Hall–Kier alpha value is -3.46. The average molecular weight is 423 g/mol. The van der Waals surface area contributed by atoms with Crippen molar-refractivity contribution in [1.82, 2.24) is 9.88 Å². The highest BCUT2D eigenvalue weighted by Gasteiger charge is 2.25. The summed E-state index contributed by atoms with van der Waals surface area (Å²) in [6.45, 7) is 2.96. The molecule has 4 rings (SSSR count). The Morgan fingerprint density at radius 3 is 2.57 bits per heavy atom. The molecule has 1 aliphatic rings. The zero-order valence-corrected chi connectivity index (χ0v) is 17.0. The maximum absolute atomic E-state index is 12.9. The molecule has 154 valence electrons. The van der Waals surface area contributed by atoms with Crippen LogP contribution in [0.25, 0.3) is 0 Å². The molecule has 8 nitrogen and oxygen atoms in total. The van der Waals surface area contributed by atoms with Gasteiger partial charge < -0.3 is 15.1 Å². The predicted octanol–water partition coefficient (Wildman–Crippen LogP) is 3.63. The number of aromatic nitrogens is 1. The van der Waals surface area contributed by atoms with Gasteiger partial charge in [0.2, 0.25) is 0 Å². The summed E-state index contributed by atoms with van der Waals surface area (Å²) >= 11 is 1.57. The fourth-order valence-corrected chi connectivity index (χ4v) is 4.11. The number of hydrogen-bond acceptors (Lipinski definition) is 7. The first-order chi connectivity index (χ1) is 14.6. The van der Waals surface area contributed by atoms with Crippen LogP contribution in [0.1, 0.15) is 15.9 Å². The van der Waals surface area contributed by atoms with E-state index in [4.69, 9.17) is 0 Å². The number of anilines is 2. The normalized spacial score (nSPS) is 13.9. The molecule has 0 bridgehead atoms. The van der Waals surface area contributed by atoms with Crippen molar-refractivity contribution in [1.29, 1.82) is 0 Å². The van der Waals surface area contributed by atoms with Gasteiger partial charge in [-0.2, -0.15) is 0 Å². The standard InChI is InChI=1S/C21H21N5O3S/c27-20(24-9-11-25(12-10-24)21-22-8-13-30-21)17-6-7-18(19(14-17)26(28)29)23-15-16-4-2-1-3-5-16/h1-8,13-14,23H,9-12,15H2. The van der Waals surface area contributed by atoms with Crippen LogP contribution in [-0.4, -0.2) is 46.9 Å². The van der Waals surface area contributed by atoms with Crippen molar-refractivity contribution in [2.75, 3.05) is 36.4 Å². The molecule has 2 aromatic carbocycles. The van der Waals surface area contributed by atoms with Crippen molar-refractivity contribution in [2.24, 2.45) is 0 Å². The molecule has 0 atom stereocenters. The van der Waals surface area contributed by atoms with Crippen LogP contribution in [0.5, 0.6) is 0 Å². The summed E-state index contributed by atoms with van der Waals surface area (Å²) < 4.78 is 0. The lowest BCUT2D eigenvalue weighted by Crippen LogP contribution is -2.48. The van der Waals surface area contributed by atoms with Gasteiger partial charge in [-0.3, -0.25) is 14.9 Å². The lowest BCUT2D eigenvalue weighted by Gasteiger charge is -2.34. The summed E-state index contributed by atoms with van der Waals surface area (Å²) in [5.41, 5.74) is 1.65. The van der Waals surface area contributed by atoms with Gasteiger partial charge in [0.1, 0.15) is 5.69 Å². The van der Waals surface area contributed by atoms with E-state index >= 15 is 0 Å². The molecule has 1 saturated heterocycles. The van der Waals surface area contributed by atoms with E-state index in [1.165, 1.54) is 6.07 Å². The molecule has 1 aliphatic heterocycles. The Bertz CT molecular complexity index is 1020. The number of nitrogens with one attached hydrogen (secondary N) is 1. The van der Waals surface area contributed by atoms with Crippen LogP contribution < -0.4 is 10.2 Å². The van der Waals surface area contributed by atoms with E-state index in [0.29, 0.717) is 44.0 Å². The van der Waals surface area contributed by atoms with Crippen molar-refractivity contribution >= 4 is 33.8 Å². The number of nitro benzene ring substituents is 1. The number of piperazine rings is 1. The number of hydrogen-bond donors (Lipinski definition) is 1. The minimum absolute atomic E-state index is 0.0989.